The van der Waals surface area contributed by atoms with E-state index in [4.69, 9.17) is 9.47 Å². The first-order valence-corrected chi connectivity index (χ1v) is 7.46. The Balaban J connectivity index is 2.14. The van der Waals surface area contributed by atoms with Gasteiger partial charge in [0, 0.05) is 29.2 Å². The molecule has 0 aliphatic carbocycles. The average Bonchev–Trinajstić information content (AvgIpc) is 2.78. The summed E-state index contributed by atoms with van der Waals surface area (Å²) in [5.41, 5.74) is 4.04. The molecule has 0 fully saturated rings. The van der Waals surface area contributed by atoms with Gasteiger partial charge in [-0.1, -0.05) is 6.92 Å². The van der Waals surface area contributed by atoms with Gasteiger partial charge in [-0.3, -0.25) is 0 Å². The number of rotatable bonds is 3. The van der Waals surface area contributed by atoms with E-state index < -0.39 is 0 Å². The molecule has 1 aromatic carbocycles. The van der Waals surface area contributed by atoms with Crippen LogP contribution in [-0.4, -0.2) is 19.3 Å². The minimum atomic E-state index is 0.287. The molecule has 0 amide bonds. The number of nitrogens with one attached hydrogen (secondary N) is 1. The zero-order valence-corrected chi connectivity index (χ0v) is 12.1. The predicted octanol–water partition coefficient (Wildman–Crippen LogP) is 3.01. The minimum Gasteiger partial charge on any atom is -0.494 e. The van der Waals surface area contributed by atoms with Crippen LogP contribution in [0.15, 0.2) is 6.07 Å². The molecule has 0 saturated carbocycles. The van der Waals surface area contributed by atoms with Gasteiger partial charge in [0.05, 0.1) is 6.61 Å². The molecule has 3 heteroatoms. The van der Waals surface area contributed by atoms with Gasteiger partial charge < -0.3 is 14.8 Å². The molecule has 0 saturated heterocycles. The molecule has 104 valence electrons. The number of hydrogen-bond donors (Lipinski definition) is 1. The number of hydrogen-bond acceptors (Lipinski definition) is 3. The van der Waals surface area contributed by atoms with Crippen LogP contribution in [0.25, 0.3) is 0 Å². The van der Waals surface area contributed by atoms with Crippen molar-refractivity contribution >= 4 is 0 Å². The van der Waals surface area contributed by atoms with E-state index in [1.54, 1.807) is 0 Å². The highest BCUT2D eigenvalue weighted by molar-refractivity contribution is 5.57. The zero-order valence-electron chi connectivity index (χ0n) is 12.1. The van der Waals surface area contributed by atoms with Crippen LogP contribution in [0.1, 0.15) is 49.9 Å². The predicted molar refractivity (Wildman–Crippen MR) is 76.1 cm³/mol. The van der Waals surface area contributed by atoms with Crippen LogP contribution in [0.4, 0.5) is 0 Å². The fourth-order valence-corrected chi connectivity index (χ4v) is 3.33. The van der Waals surface area contributed by atoms with Crippen LogP contribution in [0.5, 0.6) is 11.5 Å². The van der Waals surface area contributed by atoms with Crippen molar-refractivity contribution < 1.29 is 9.47 Å². The fraction of sp³-hybridized carbons (Fsp3) is 0.625. The van der Waals surface area contributed by atoms with Gasteiger partial charge in [-0.05, 0) is 39.3 Å². The van der Waals surface area contributed by atoms with E-state index >= 15 is 0 Å². The van der Waals surface area contributed by atoms with E-state index in [0.29, 0.717) is 6.04 Å². The molecule has 2 unspecified atom stereocenters. The minimum absolute atomic E-state index is 0.287. The van der Waals surface area contributed by atoms with E-state index in [9.17, 15) is 0 Å². The molecule has 0 spiro atoms. The lowest BCUT2D eigenvalue weighted by Crippen LogP contribution is -2.30. The highest BCUT2D eigenvalue weighted by Gasteiger charge is 2.32. The van der Waals surface area contributed by atoms with Gasteiger partial charge in [0.15, 0.2) is 0 Å². The van der Waals surface area contributed by atoms with Gasteiger partial charge in [-0.2, -0.15) is 0 Å². The molecule has 19 heavy (non-hydrogen) atoms. The van der Waals surface area contributed by atoms with Crippen molar-refractivity contribution in [2.75, 3.05) is 13.2 Å². The average molecular weight is 261 g/mol. The van der Waals surface area contributed by atoms with Gasteiger partial charge in [-0.25, -0.2) is 0 Å². The summed E-state index contributed by atoms with van der Waals surface area (Å²) >= 11 is 0. The molecule has 0 radical (unpaired) electrons. The van der Waals surface area contributed by atoms with Crippen molar-refractivity contribution in [2.24, 2.45) is 0 Å². The molecule has 0 aromatic heterocycles. The standard InChI is InChI=1S/C16H23NO2/c1-4-13-15-12(6-7-17-13)14(18-5-2)9-11-8-10(3)19-16(11)15/h9-10,13,17H,4-8H2,1-3H3. The van der Waals surface area contributed by atoms with Crippen molar-refractivity contribution in [2.45, 2.75) is 52.2 Å². The summed E-state index contributed by atoms with van der Waals surface area (Å²) < 4.78 is 11.9. The van der Waals surface area contributed by atoms with Crippen molar-refractivity contribution in [3.8, 4) is 11.5 Å². The Kier molecular flexibility index (Phi) is 3.40. The Labute approximate surface area is 115 Å². The second-order valence-electron chi connectivity index (χ2n) is 5.49. The summed E-state index contributed by atoms with van der Waals surface area (Å²) in [4.78, 5) is 0. The largest absolute Gasteiger partial charge is 0.494 e. The maximum atomic E-state index is 6.07. The summed E-state index contributed by atoms with van der Waals surface area (Å²) in [6.45, 7) is 8.18. The lowest BCUT2D eigenvalue weighted by atomic mass is 9.89. The van der Waals surface area contributed by atoms with Gasteiger partial charge in [0.25, 0.3) is 0 Å². The molecule has 2 aliphatic rings. The summed E-state index contributed by atoms with van der Waals surface area (Å²) in [5, 5.41) is 3.60. The SMILES string of the molecule is CCOc1cc2c(c3c1CCNC3CC)OC(C)C2. The van der Waals surface area contributed by atoms with Crippen LogP contribution in [0, 0.1) is 0 Å². The third-order valence-corrected chi connectivity index (χ3v) is 4.11. The van der Waals surface area contributed by atoms with Crippen molar-refractivity contribution in [1.82, 2.24) is 5.32 Å². The number of ether oxygens (including phenoxy) is 2. The van der Waals surface area contributed by atoms with Crippen LogP contribution in [0.2, 0.25) is 0 Å². The molecule has 3 nitrogen and oxygen atoms in total. The molecule has 3 rings (SSSR count). The first-order valence-electron chi connectivity index (χ1n) is 7.46. The van der Waals surface area contributed by atoms with Gasteiger partial charge >= 0.3 is 0 Å². The van der Waals surface area contributed by atoms with E-state index in [0.717, 1.165) is 43.9 Å². The third kappa shape index (κ3) is 2.10. The first-order chi connectivity index (χ1) is 9.24. The second kappa shape index (κ2) is 5.04. The van der Waals surface area contributed by atoms with E-state index in [1.165, 1.54) is 16.7 Å². The quantitative estimate of drug-likeness (QED) is 0.907. The third-order valence-electron chi connectivity index (χ3n) is 4.11. The van der Waals surface area contributed by atoms with E-state index in [-0.39, 0.29) is 6.10 Å². The lowest BCUT2D eigenvalue weighted by Gasteiger charge is -2.29. The Morgan fingerprint density at radius 1 is 1.42 bits per heavy atom. The highest BCUT2D eigenvalue weighted by atomic mass is 16.5. The number of fused-ring (bicyclic) bond motifs is 3. The molecule has 2 heterocycles. The Hall–Kier alpha value is -1.22. The van der Waals surface area contributed by atoms with Gasteiger partial charge in [0.2, 0.25) is 0 Å². The molecule has 1 N–H and O–H groups in total. The summed E-state index contributed by atoms with van der Waals surface area (Å²) in [5.74, 6) is 2.21. The highest BCUT2D eigenvalue weighted by Crippen LogP contribution is 2.44. The smallest absolute Gasteiger partial charge is 0.128 e. The maximum Gasteiger partial charge on any atom is 0.128 e. The second-order valence-corrected chi connectivity index (χ2v) is 5.49. The van der Waals surface area contributed by atoms with E-state index in [1.807, 2.05) is 0 Å². The topological polar surface area (TPSA) is 30.5 Å². The summed E-state index contributed by atoms with van der Waals surface area (Å²) in [6, 6.07) is 2.61. The molecule has 0 bridgehead atoms. The zero-order chi connectivity index (χ0) is 13.4. The summed E-state index contributed by atoms with van der Waals surface area (Å²) in [6.07, 6.45) is 3.41. The molecular formula is C16H23NO2. The van der Waals surface area contributed by atoms with Crippen molar-refractivity contribution in [1.29, 1.82) is 0 Å². The lowest BCUT2D eigenvalue weighted by molar-refractivity contribution is 0.248. The molecular weight excluding hydrogens is 238 g/mol. The Morgan fingerprint density at radius 2 is 2.26 bits per heavy atom. The Morgan fingerprint density at radius 3 is 3.00 bits per heavy atom. The normalized spacial score (nSPS) is 24.6. The molecule has 1 aromatic rings. The summed E-state index contributed by atoms with van der Waals surface area (Å²) in [7, 11) is 0. The van der Waals surface area contributed by atoms with E-state index in [2.05, 4.69) is 32.2 Å². The van der Waals surface area contributed by atoms with Crippen molar-refractivity contribution in [3.63, 3.8) is 0 Å². The van der Waals surface area contributed by atoms with Crippen LogP contribution in [-0.2, 0) is 12.8 Å². The van der Waals surface area contributed by atoms with Crippen LogP contribution in [0.3, 0.4) is 0 Å². The Bertz CT molecular complexity index is 484. The van der Waals surface area contributed by atoms with Crippen LogP contribution >= 0.6 is 0 Å². The van der Waals surface area contributed by atoms with Gasteiger partial charge in [-0.15, -0.1) is 0 Å². The molecule has 2 aliphatic heterocycles. The number of benzene rings is 1. The fourth-order valence-electron chi connectivity index (χ4n) is 3.33. The molecule has 2 atom stereocenters. The van der Waals surface area contributed by atoms with Gasteiger partial charge in [0.1, 0.15) is 17.6 Å². The maximum absolute atomic E-state index is 6.07. The monoisotopic (exact) mass is 261 g/mol. The van der Waals surface area contributed by atoms with Crippen molar-refractivity contribution in [3.05, 3.63) is 22.8 Å². The first kappa shape index (κ1) is 12.8. The van der Waals surface area contributed by atoms with Crippen LogP contribution < -0.4 is 14.8 Å².